The van der Waals surface area contributed by atoms with Crippen molar-refractivity contribution >= 4 is 17.6 Å². The zero-order chi connectivity index (χ0) is 15.9. The number of carboxylic acid groups (broad SMARTS) is 1. The number of hydrogen-bond donors (Lipinski definition) is 3. The van der Waals surface area contributed by atoms with Crippen molar-refractivity contribution in [2.75, 3.05) is 5.32 Å². The standard InChI is InChI=1S/C16H17N3O3/c1-16(2)12(13(16)15(21)22)14(20)19-10-5-3-9(4-6-10)11-7-17-8-18-11/h3-8,12-13H,1-2H3,(H,17,18)(H,19,20)(H,21,22)/t12-,13-/m0/s1. The molecular formula is C16H17N3O3. The number of imidazole rings is 1. The number of aromatic nitrogens is 2. The van der Waals surface area contributed by atoms with Gasteiger partial charge in [-0.3, -0.25) is 9.59 Å². The number of amides is 1. The molecule has 1 amide bonds. The summed E-state index contributed by atoms with van der Waals surface area (Å²) in [5, 5.41) is 11.9. The number of nitrogens with zero attached hydrogens (tertiary/aromatic N) is 1. The number of H-pyrrole nitrogens is 1. The highest BCUT2D eigenvalue weighted by Crippen LogP contribution is 2.58. The summed E-state index contributed by atoms with van der Waals surface area (Å²) in [5.41, 5.74) is 2.02. The first-order valence-electron chi connectivity index (χ1n) is 7.04. The minimum Gasteiger partial charge on any atom is -0.481 e. The molecule has 0 bridgehead atoms. The van der Waals surface area contributed by atoms with Crippen molar-refractivity contribution in [2.24, 2.45) is 17.3 Å². The molecule has 0 radical (unpaired) electrons. The average Bonchev–Trinajstić information content (AvgIpc) is 2.84. The molecule has 3 rings (SSSR count). The predicted molar refractivity (Wildman–Crippen MR) is 81.1 cm³/mol. The highest BCUT2D eigenvalue weighted by atomic mass is 16.4. The van der Waals surface area contributed by atoms with Crippen molar-refractivity contribution in [1.29, 1.82) is 0 Å². The summed E-state index contributed by atoms with van der Waals surface area (Å²) in [6, 6.07) is 7.32. The zero-order valence-electron chi connectivity index (χ0n) is 12.3. The number of carboxylic acids is 1. The summed E-state index contributed by atoms with van der Waals surface area (Å²) in [7, 11) is 0. The van der Waals surface area contributed by atoms with Gasteiger partial charge in [-0.25, -0.2) is 4.98 Å². The van der Waals surface area contributed by atoms with Crippen molar-refractivity contribution in [3.8, 4) is 11.3 Å². The Morgan fingerprint density at radius 2 is 1.91 bits per heavy atom. The number of carbonyl (C=O) groups excluding carboxylic acids is 1. The fraction of sp³-hybridized carbons (Fsp3) is 0.312. The normalized spacial score (nSPS) is 22.1. The first-order valence-corrected chi connectivity index (χ1v) is 7.04. The van der Waals surface area contributed by atoms with Gasteiger partial charge in [0.2, 0.25) is 5.91 Å². The molecule has 1 aliphatic rings. The molecule has 1 aromatic carbocycles. The molecule has 2 atom stereocenters. The van der Waals surface area contributed by atoms with Gasteiger partial charge in [-0.05, 0) is 23.1 Å². The van der Waals surface area contributed by atoms with E-state index in [0.29, 0.717) is 5.69 Å². The molecule has 1 aromatic heterocycles. The first-order chi connectivity index (χ1) is 10.4. The quantitative estimate of drug-likeness (QED) is 0.807. The number of aliphatic carboxylic acids is 1. The zero-order valence-corrected chi connectivity index (χ0v) is 12.3. The lowest BCUT2D eigenvalue weighted by Crippen LogP contribution is -2.17. The van der Waals surface area contributed by atoms with Crippen LogP contribution in [-0.2, 0) is 9.59 Å². The Labute approximate surface area is 127 Å². The first kappa shape index (κ1) is 14.3. The number of anilines is 1. The predicted octanol–water partition coefficient (Wildman–Crippen LogP) is 2.37. The Bertz CT molecular complexity index is 705. The van der Waals surface area contributed by atoms with Crippen molar-refractivity contribution in [3.05, 3.63) is 36.8 Å². The topological polar surface area (TPSA) is 95.1 Å². The largest absolute Gasteiger partial charge is 0.481 e. The lowest BCUT2D eigenvalue weighted by atomic mass is 10.1. The van der Waals surface area contributed by atoms with Gasteiger partial charge in [0.25, 0.3) is 0 Å². The van der Waals surface area contributed by atoms with Crippen LogP contribution in [0.1, 0.15) is 13.8 Å². The summed E-state index contributed by atoms with van der Waals surface area (Å²) in [6.45, 7) is 3.61. The van der Waals surface area contributed by atoms with Crippen LogP contribution in [0, 0.1) is 17.3 Å². The van der Waals surface area contributed by atoms with Gasteiger partial charge in [-0.1, -0.05) is 26.0 Å². The molecule has 1 saturated carbocycles. The van der Waals surface area contributed by atoms with E-state index < -0.39 is 23.2 Å². The lowest BCUT2D eigenvalue weighted by molar-refractivity contribution is -0.140. The smallest absolute Gasteiger partial charge is 0.307 e. The summed E-state index contributed by atoms with van der Waals surface area (Å²) in [6.07, 6.45) is 3.32. The molecule has 3 N–H and O–H groups in total. The Balaban J connectivity index is 1.69. The van der Waals surface area contributed by atoms with Crippen LogP contribution < -0.4 is 5.32 Å². The van der Waals surface area contributed by atoms with Gasteiger partial charge >= 0.3 is 5.97 Å². The van der Waals surface area contributed by atoms with E-state index in [2.05, 4.69) is 15.3 Å². The molecule has 0 aliphatic heterocycles. The maximum atomic E-state index is 12.2. The third-order valence-corrected chi connectivity index (χ3v) is 4.34. The number of hydrogen-bond acceptors (Lipinski definition) is 3. The van der Waals surface area contributed by atoms with E-state index in [9.17, 15) is 9.59 Å². The summed E-state index contributed by atoms with van der Waals surface area (Å²) < 4.78 is 0. The van der Waals surface area contributed by atoms with E-state index in [1.165, 1.54) is 0 Å². The molecule has 0 unspecified atom stereocenters. The Hall–Kier alpha value is -2.63. The third-order valence-electron chi connectivity index (χ3n) is 4.34. The number of benzene rings is 1. The SMILES string of the molecule is CC1(C)[C@H](C(=O)O)[C@H]1C(=O)Nc1ccc(-c2cnc[nH]2)cc1. The molecule has 22 heavy (non-hydrogen) atoms. The van der Waals surface area contributed by atoms with E-state index in [-0.39, 0.29) is 5.91 Å². The fourth-order valence-electron chi connectivity index (χ4n) is 2.95. The molecule has 6 nitrogen and oxygen atoms in total. The average molecular weight is 299 g/mol. The molecule has 114 valence electrons. The number of carbonyl (C=O) groups is 2. The van der Waals surface area contributed by atoms with Crippen LogP contribution in [0.15, 0.2) is 36.8 Å². The van der Waals surface area contributed by atoms with Gasteiger partial charge in [-0.15, -0.1) is 0 Å². The minimum atomic E-state index is -0.917. The van der Waals surface area contributed by atoms with Crippen LogP contribution in [-0.4, -0.2) is 27.0 Å². The maximum absolute atomic E-state index is 12.2. The molecule has 1 heterocycles. The Kier molecular flexibility index (Phi) is 3.24. The number of aromatic amines is 1. The lowest BCUT2D eigenvalue weighted by Gasteiger charge is -2.07. The van der Waals surface area contributed by atoms with Crippen molar-refractivity contribution in [3.63, 3.8) is 0 Å². The van der Waals surface area contributed by atoms with Gasteiger partial charge in [0.15, 0.2) is 0 Å². The molecule has 1 aliphatic carbocycles. The van der Waals surface area contributed by atoms with Crippen molar-refractivity contribution in [2.45, 2.75) is 13.8 Å². The minimum absolute atomic E-state index is 0.244. The summed E-state index contributed by atoms with van der Waals surface area (Å²) >= 11 is 0. The molecule has 1 fully saturated rings. The third kappa shape index (κ3) is 2.36. The molecular weight excluding hydrogens is 282 g/mol. The fourth-order valence-corrected chi connectivity index (χ4v) is 2.95. The molecule has 6 heteroatoms. The van der Waals surface area contributed by atoms with E-state index in [4.69, 9.17) is 5.11 Å². The van der Waals surface area contributed by atoms with Gasteiger partial charge in [0.1, 0.15) is 0 Å². The number of nitrogens with one attached hydrogen (secondary N) is 2. The number of rotatable bonds is 4. The monoisotopic (exact) mass is 299 g/mol. The molecule has 0 spiro atoms. The summed E-state index contributed by atoms with van der Waals surface area (Å²) in [5.74, 6) is -2.26. The second-order valence-electron chi connectivity index (χ2n) is 6.15. The van der Waals surface area contributed by atoms with Crippen LogP contribution in [0.4, 0.5) is 5.69 Å². The van der Waals surface area contributed by atoms with Crippen molar-refractivity contribution < 1.29 is 14.7 Å². The van der Waals surface area contributed by atoms with Gasteiger partial charge in [0, 0.05) is 5.69 Å². The maximum Gasteiger partial charge on any atom is 0.307 e. The highest BCUT2D eigenvalue weighted by Gasteiger charge is 2.65. The second kappa shape index (κ2) is 4.98. The van der Waals surface area contributed by atoms with Gasteiger partial charge < -0.3 is 15.4 Å². The Morgan fingerprint density at radius 3 is 2.41 bits per heavy atom. The van der Waals surface area contributed by atoms with Crippen molar-refractivity contribution in [1.82, 2.24) is 9.97 Å². The Morgan fingerprint density at radius 1 is 1.23 bits per heavy atom. The summed E-state index contributed by atoms with van der Waals surface area (Å²) in [4.78, 5) is 30.3. The van der Waals surface area contributed by atoms with Crippen LogP contribution in [0.3, 0.4) is 0 Å². The van der Waals surface area contributed by atoms with E-state index in [0.717, 1.165) is 11.3 Å². The molecule has 0 saturated heterocycles. The highest BCUT2D eigenvalue weighted by molar-refractivity contribution is 5.99. The molecule has 2 aromatic rings. The second-order valence-corrected chi connectivity index (χ2v) is 6.15. The van der Waals surface area contributed by atoms with E-state index in [1.54, 1.807) is 38.5 Å². The van der Waals surface area contributed by atoms with Crippen LogP contribution >= 0.6 is 0 Å². The van der Waals surface area contributed by atoms with Crippen LogP contribution in [0.2, 0.25) is 0 Å². The van der Waals surface area contributed by atoms with Crippen LogP contribution in [0.5, 0.6) is 0 Å². The van der Waals surface area contributed by atoms with Gasteiger partial charge in [-0.2, -0.15) is 0 Å². The van der Waals surface area contributed by atoms with E-state index >= 15 is 0 Å². The van der Waals surface area contributed by atoms with Crippen LogP contribution in [0.25, 0.3) is 11.3 Å². The van der Waals surface area contributed by atoms with Gasteiger partial charge in [0.05, 0.1) is 30.1 Å². The van der Waals surface area contributed by atoms with E-state index in [1.807, 2.05) is 12.1 Å².